The second kappa shape index (κ2) is 10.1. The van der Waals surface area contributed by atoms with Gasteiger partial charge in [0.15, 0.2) is 5.88 Å². The van der Waals surface area contributed by atoms with Gasteiger partial charge in [0.05, 0.1) is 22.9 Å². The molecule has 1 saturated heterocycles. The first kappa shape index (κ1) is 24.7. The van der Waals surface area contributed by atoms with Gasteiger partial charge in [0, 0.05) is 49.8 Å². The second-order valence-corrected chi connectivity index (χ2v) is 10.2. The first-order valence-electron chi connectivity index (χ1n) is 10.9. The number of halogens is 1. The number of pyridine rings is 1. The molecule has 0 aliphatic carbocycles. The predicted octanol–water partition coefficient (Wildman–Crippen LogP) is 3.74. The molecule has 1 aliphatic rings. The van der Waals surface area contributed by atoms with Gasteiger partial charge in [-0.05, 0) is 35.9 Å². The maximum Gasteiger partial charge on any atom is 0.244 e. The van der Waals surface area contributed by atoms with Crippen molar-refractivity contribution in [3.05, 3.63) is 78.0 Å². The second-order valence-electron chi connectivity index (χ2n) is 8.27. The Bertz CT molecular complexity index is 1470. The number of nitriles is 1. The van der Waals surface area contributed by atoms with Gasteiger partial charge in [-0.1, -0.05) is 30.3 Å². The molecule has 0 amide bonds. The minimum Gasteiger partial charge on any atom is -0.494 e. The standard InChI is InChI=1S/C25H23N5O3S.ClH/c26-15-19-6-8-22-21(14-19)24(25(31)28-22)23-9-7-20(16-27-23)34(32,33)30-12-10-29(11-13-30)17-18-4-2-1-3-5-18;/h1-9,14,16,28,31H,10-13,17H2;1H. The van der Waals surface area contributed by atoms with Gasteiger partial charge in [-0.15, -0.1) is 12.4 Å². The normalized spacial score (nSPS) is 14.9. The molecule has 4 aromatic rings. The molecule has 2 aromatic carbocycles. The Hall–Kier alpha value is -3.42. The van der Waals surface area contributed by atoms with Crippen molar-refractivity contribution in [3.63, 3.8) is 0 Å². The maximum atomic E-state index is 13.2. The molecule has 0 unspecified atom stereocenters. The molecule has 0 spiro atoms. The molecule has 2 aromatic heterocycles. The number of benzene rings is 2. The highest BCUT2D eigenvalue weighted by molar-refractivity contribution is 7.89. The third-order valence-electron chi connectivity index (χ3n) is 6.12. The summed E-state index contributed by atoms with van der Waals surface area (Å²) in [6.45, 7) is 2.94. The van der Waals surface area contributed by atoms with Crippen LogP contribution in [0.15, 0.2) is 71.8 Å². The average molecular weight is 510 g/mol. The quantitative estimate of drug-likeness (QED) is 0.423. The van der Waals surface area contributed by atoms with Crippen LogP contribution >= 0.6 is 12.4 Å². The van der Waals surface area contributed by atoms with E-state index in [1.165, 1.54) is 22.1 Å². The summed E-state index contributed by atoms with van der Waals surface area (Å²) in [7, 11) is -3.68. The van der Waals surface area contributed by atoms with E-state index in [0.717, 1.165) is 6.54 Å². The largest absolute Gasteiger partial charge is 0.494 e. The van der Waals surface area contributed by atoms with Crippen LogP contribution in [-0.2, 0) is 16.6 Å². The molecule has 5 rings (SSSR count). The molecule has 3 heterocycles. The van der Waals surface area contributed by atoms with Crippen molar-refractivity contribution >= 4 is 33.3 Å². The van der Waals surface area contributed by atoms with E-state index in [1.54, 1.807) is 24.3 Å². The van der Waals surface area contributed by atoms with Crippen molar-refractivity contribution in [3.8, 4) is 23.2 Å². The Balaban J connectivity index is 0.00000289. The van der Waals surface area contributed by atoms with Crippen molar-refractivity contribution in [2.75, 3.05) is 26.2 Å². The summed E-state index contributed by atoms with van der Waals surface area (Å²) in [5, 5.41) is 20.2. The van der Waals surface area contributed by atoms with E-state index >= 15 is 0 Å². The summed E-state index contributed by atoms with van der Waals surface area (Å²) < 4.78 is 27.9. The number of hydrogen-bond donors (Lipinski definition) is 2. The van der Waals surface area contributed by atoms with Gasteiger partial charge in [0.1, 0.15) is 4.90 Å². The zero-order valence-electron chi connectivity index (χ0n) is 18.8. The van der Waals surface area contributed by atoms with Gasteiger partial charge >= 0.3 is 0 Å². The molecule has 0 saturated carbocycles. The third-order valence-corrected chi connectivity index (χ3v) is 8.00. The molecule has 2 N–H and O–H groups in total. The van der Waals surface area contributed by atoms with Crippen LogP contribution in [0.1, 0.15) is 11.1 Å². The van der Waals surface area contributed by atoms with Crippen LogP contribution in [0.2, 0.25) is 0 Å². The summed E-state index contributed by atoms with van der Waals surface area (Å²) >= 11 is 0. The van der Waals surface area contributed by atoms with Crippen LogP contribution in [0.25, 0.3) is 22.2 Å². The molecule has 180 valence electrons. The van der Waals surface area contributed by atoms with Gasteiger partial charge in [0.2, 0.25) is 10.0 Å². The number of rotatable bonds is 5. The topological polar surface area (TPSA) is 113 Å². The fourth-order valence-corrected chi connectivity index (χ4v) is 5.67. The van der Waals surface area contributed by atoms with E-state index in [1.807, 2.05) is 18.2 Å². The number of nitrogens with one attached hydrogen (secondary N) is 1. The minimum atomic E-state index is -3.68. The molecular weight excluding hydrogens is 486 g/mol. The molecule has 35 heavy (non-hydrogen) atoms. The number of aromatic nitrogens is 2. The van der Waals surface area contributed by atoms with Crippen LogP contribution in [0.5, 0.6) is 5.88 Å². The molecule has 1 aliphatic heterocycles. The molecule has 0 radical (unpaired) electrons. The Kier molecular flexibility index (Phi) is 7.10. The van der Waals surface area contributed by atoms with Crippen LogP contribution < -0.4 is 0 Å². The number of H-pyrrole nitrogens is 1. The van der Waals surface area contributed by atoms with E-state index in [-0.39, 0.29) is 23.2 Å². The lowest BCUT2D eigenvalue weighted by Gasteiger charge is -2.33. The number of hydrogen-bond acceptors (Lipinski definition) is 6. The van der Waals surface area contributed by atoms with Crippen LogP contribution in [-0.4, -0.2) is 58.9 Å². The van der Waals surface area contributed by atoms with Crippen molar-refractivity contribution in [2.24, 2.45) is 0 Å². The third kappa shape index (κ3) is 4.88. The highest BCUT2D eigenvalue weighted by atomic mass is 35.5. The lowest BCUT2D eigenvalue weighted by atomic mass is 10.1. The number of aromatic amines is 1. The fourth-order valence-electron chi connectivity index (χ4n) is 4.31. The molecule has 10 heteroatoms. The smallest absolute Gasteiger partial charge is 0.244 e. The van der Waals surface area contributed by atoms with Crippen molar-refractivity contribution in [1.82, 2.24) is 19.2 Å². The molecule has 0 atom stereocenters. The summed E-state index contributed by atoms with van der Waals surface area (Å²) in [5.74, 6) is -0.0808. The Morgan fingerprint density at radius 2 is 1.77 bits per heavy atom. The Morgan fingerprint density at radius 1 is 1.03 bits per heavy atom. The van der Waals surface area contributed by atoms with Crippen LogP contribution in [0.3, 0.4) is 0 Å². The lowest BCUT2D eigenvalue weighted by molar-refractivity contribution is 0.181. The van der Waals surface area contributed by atoms with Crippen molar-refractivity contribution in [1.29, 1.82) is 5.26 Å². The molecular formula is C25H24ClN5O3S. The van der Waals surface area contributed by atoms with Gasteiger partial charge in [0.25, 0.3) is 0 Å². The minimum absolute atomic E-state index is 0. The highest BCUT2D eigenvalue weighted by Crippen LogP contribution is 2.36. The summed E-state index contributed by atoms with van der Waals surface area (Å²) in [5.41, 5.74) is 3.19. The van der Waals surface area contributed by atoms with Crippen molar-refractivity contribution in [2.45, 2.75) is 11.4 Å². The Morgan fingerprint density at radius 3 is 2.43 bits per heavy atom. The molecule has 1 fully saturated rings. The first-order chi connectivity index (χ1) is 16.5. The SMILES string of the molecule is Cl.N#Cc1ccc2[nH]c(O)c(-c3ccc(S(=O)(=O)N4CCN(Cc5ccccc5)CC4)cn3)c2c1. The maximum absolute atomic E-state index is 13.2. The predicted molar refractivity (Wildman–Crippen MR) is 136 cm³/mol. The van der Waals surface area contributed by atoms with Gasteiger partial charge in [-0.3, -0.25) is 9.88 Å². The zero-order valence-corrected chi connectivity index (χ0v) is 20.4. The number of aromatic hydroxyl groups is 1. The van der Waals surface area contributed by atoms with E-state index in [9.17, 15) is 18.8 Å². The van der Waals surface area contributed by atoms with Crippen LogP contribution in [0.4, 0.5) is 0 Å². The van der Waals surface area contributed by atoms with Crippen molar-refractivity contribution < 1.29 is 13.5 Å². The lowest BCUT2D eigenvalue weighted by Crippen LogP contribution is -2.48. The van der Waals surface area contributed by atoms with Gasteiger partial charge in [-0.2, -0.15) is 9.57 Å². The summed E-state index contributed by atoms with van der Waals surface area (Å²) in [6, 6.07) is 20.4. The van der Waals surface area contributed by atoms with E-state index in [2.05, 4.69) is 33.1 Å². The molecule has 0 bridgehead atoms. The van der Waals surface area contributed by atoms with E-state index < -0.39 is 10.0 Å². The Labute approximate surface area is 209 Å². The number of sulfonamides is 1. The monoisotopic (exact) mass is 509 g/mol. The number of nitrogens with zero attached hydrogens (tertiary/aromatic N) is 4. The highest BCUT2D eigenvalue weighted by Gasteiger charge is 2.29. The summed E-state index contributed by atoms with van der Waals surface area (Å²) in [4.78, 5) is 9.57. The van der Waals surface area contributed by atoms with E-state index in [0.29, 0.717) is 53.9 Å². The average Bonchev–Trinajstić information content (AvgIpc) is 3.20. The van der Waals surface area contributed by atoms with E-state index in [4.69, 9.17) is 0 Å². The zero-order chi connectivity index (χ0) is 23.7. The van der Waals surface area contributed by atoms with Gasteiger partial charge < -0.3 is 10.1 Å². The number of piperazine rings is 1. The van der Waals surface area contributed by atoms with Crippen LogP contribution in [0, 0.1) is 11.3 Å². The summed E-state index contributed by atoms with van der Waals surface area (Å²) in [6.07, 6.45) is 1.33. The first-order valence-corrected chi connectivity index (χ1v) is 12.4. The molecule has 8 nitrogen and oxygen atoms in total. The number of fused-ring (bicyclic) bond motifs is 1. The van der Waals surface area contributed by atoms with Gasteiger partial charge in [-0.25, -0.2) is 8.42 Å². The fraction of sp³-hybridized carbons (Fsp3) is 0.200.